The Morgan fingerprint density at radius 1 is 1.31 bits per heavy atom. The maximum absolute atomic E-state index is 13.4. The van der Waals surface area contributed by atoms with Crippen molar-refractivity contribution in [3.05, 3.63) is 47.8 Å². The van der Waals surface area contributed by atoms with Gasteiger partial charge in [-0.2, -0.15) is 8.78 Å². The largest absolute Gasteiger partial charge is 0.466 e. The Bertz CT molecular complexity index is 396. The molecular weight excluding hydrogens is 221 g/mol. The molecule has 0 atom stereocenters. The van der Waals surface area contributed by atoms with Crippen LogP contribution in [-0.4, -0.2) is 13.1 Å². The molecule has 0 bridgehead atoms. The van der Waals surface area contributed by atoms with E-state index in [1.807, 2.05) is 0 Å². The Balaban J connectivity index is 2.89. The van der Waals surface area contributed by atoms with E-state index >= 15 is 0 Å². The van der Waals surface area contributed by atoms with Gasteiger partial charge in [0.15, 0.2) is 0 Å². The van der Waals surface area contributed by atoms with Gasteiger partial charge in [-0.15, -0.1) is 0 Å². The fourth-order valence-electron chi connectivity index (χ4n) is 1.01. The SMILES string of the molecule is COC(=O)/C=C\C(F)(F)c1ccc(F)cc1. The number of rotatable bonds is 3. The zero-order valence-corrected chi connectivity index (χ0v) is 8.41. The Labute approximate surface area is 90.3 Å². The van der Waals surface area contributed by atoms with Crippen molar-refractivity contribution < 1.29 is 22.7 Å². The molecule has 0 aliphatic rings. The molecule has 0 unspecified atom stereocenters. The van der Waals surface area contributed by atoms with Crippen LogP contribution >= 0.6 is 0 Å². The predicted molar refractivity (Wildman–Crippen MR) is 51.5 cm³/mol. The minimum absolute atomic E-state index is 0.394. The Morgan fingerprint density at radius 2 is 1.88 bits per heavy atom. The highest BCUT2D eigenvalue weighted by Gasteiger charge is 2.28. The minimum atomic E-state index is -3.33. The van der Waals surface area contributed by atoms with Crippen LogP contribution in [-0.2, 0) is 15.5 Å². The van der Waals surface area contributed by atoms with Gasteiger partial charge in [-0.05, 0) is 30.3 Å². The fourth-order valence-corrected chi connectivity index (χ4v) is 1.01. The summed E-state index contributed by atoms with van der Waals surface area (Å²) >= 11 is 0. The smallest absolute Gasteiger partial charge is 0.330 e. The first-order valence-corrected chi connectivity index (χ1v) is 4.37. The van der Waals surface area contributed by atoms with Crippen molar-refractivity contribution in [3.8, 4) is 0 Å². The number of carbonyl (C=O) groups is 1. The van der Waals surface area contributed by atoms with Crippen molar-refractivity contribution in [2.24, 2.45) is 0 Å². The molecule has 0 heterocycles. The third kappa shape index (κ3) is 3.12. The third-order valence-electron chi connectivity index (χ3n) is 1.86. The van der Waals surface area contributed by atoms with E-state index in [0.717, 1.165) is 31.4 Å². The average molecular weight is 230 g/mol. The predicted octanol–water partition coefficient (Wildman–Crippen LogP) is 2.65. The molecule has 5 heteroatoms. The van der Waals surface area contributed by atoms with Gasteiger partial charge in [0.25, 0.3) is 5.92 Å². The molecule has 1 aromatic rings. The van der Waals surface area contributed by atoms with E-state index in [2.05, 4.69) is 4.74 Å². The summed E-state index contributed by atoms with van der Waals surface area (Å²) < 4.78 is 43.4. The number of alkyl halides is 2. The molecule has 0 fully saturated rings. The molecule has 16 heavy (non-hydrogen) atoms. The van der Waals surface area contributed by atoms with Gasteiger partial charge >= 0.3 is 5.97 Å². The van der Waals surface area contributed by atoms with E-state index in [-0.39, 0.29) is 0 Å². The molecule has 0 spiro atoms. The summed E-state index contributed by atoms with van der Waals surface area (Å²) in [7, 11) is 1.09. The topological polar surface area (TPSA) is 26.3 Å². The molecule has 86 valence electrons. The number of benzene rings is 1. The first-order valence-electron chi connectivity index (χ1n) is 4.37. The third-order valence-corrected chi connectivity index (χ3v) is 1.86. The zero-order chi connectivity index (χ0) is 12.2. The van der Waals surface area contributed by atoms with Gasteiger partial charge in [0.1, 0.15) is 5.82 Å². The van der Waals surface area contributed by atoms with E-state index in [1.165, 1.54) is 0 Å². The molecule has 0 aliphatic carbocycles. The van der Waals surface area contributed by atoms with Crippen LogP contribution in [0.5, 0.6) is 0 Å². The summed E-state index contributed by atoms with van der Waals surface area (Å²) in [5.41, 5.74) is -0.394. The molecule has 2 nitrogen and oxygen atoms in total. The van der Waals surface area contributed by atoms with E-state index in [0.29, 0.717) is 12.2 Å². The molecule has 1 aromatic carbocycles. The van der Waals surface area contributed by atoms with Gasteiger partial charge in [0.05, 0.1) is 7.11 Å². The summed E-state index contributed by atoms with van der Waals surface area (Å²) in [5, 5.41) is 0. The first kappa shape index (κ1) is 12.3. The highest BCUT2D eigenvalue weighted by Crippen LogP contribution is 2.29. The van der Waals surface area contributed by atoms with Crippen LogP contribution < -0.4 is 0 Å². The zero-order valence-electron chi connectivity index (χ0n) is 8.41. The van der Waals surface area contributed by atoms with Crippen LogP contribution in [0.3, 0.4) is 0 Å². The number of allylic oxidation sites excluding steroid dienone is 1. The van der Waals surface area contributed by atoms with Crippen molar-refractivity contribution in [3.63, 3.8) is 0 Å². The number of ether oxygens (including phenoxy) is 1. The fraction of sp³-hybridized carbons (Fsp3) is 0.182. The number of methoxy groups -OCH3 is 1. The van der Waals surface area contributed by atoms with Gasteiger partial charge in [0, 0.05) is 11.6 Å². The summed E-state index contributed by atoms with van der Waals surface area (Å²) in [6.07, 6.45) is 1.04. The minimum Gasteiger partial charge on any atom is -0.466 e. The van der Waals surface area contributed by atoms with E-state index < -0.39 is 23.3 Å². The molecule has 0 aliphatic heterocycles. The molecular formula is C11H9F3O2. The maximum Gasteiger partial charge on any atom is 0.330 e. The van der Waals surface area contributed by atoms with E-state index in [1.54, 1.807) is 0 Å². The van der Waals surface area contributed by atoms with Gasteiger partial charge in [-0.25, -0.2) is 9.18 Å². The van der Waals surface area contributed by atoms with Gasteiger partial charge < -0.3 is 4.74 Å². The monoisotopic (exact) mass is 230 g/mol. The lowest BCUT2D eigenvalue weighted by atomic mass is 10.1. The van der Waals surface area contributed by atoms with E-state index in [4.69, 9.17) is 0 Å². The summed E-state index contributed by atoms with van der Waals surface area (Å²) in [6.45, 7) is 0. The number of carbonyl (C=O) groups excluding carboxylic acids is 1. The van der Waals surface area contributed by atoms with Crippen molar-refractivity contribution in [2.75, 3.05) is 7.11 Å². The summed E-state index contributed by atoms with van der Waals surface area (Å²) in [6, 6.07) is 3.76. The molecule has 0 saturated heterocycles. The quantitative estimate of drug-likeness (QED) is 0.589. The first-order chi connectivity index (χ1) is 7.45. The summed E-state index contributed by atoms with van der Waals surface area (Å²) in [4.78, 5) is 10.6. The van der Waals surface area contributed by atoms with Crippen molar-refractivity contribution in [1.29, 1.82) is 0 Å². The lowest BCUT2D eigenvalue weighted by molar-refractivity contribution is -0.135. The van der Waals surface area contributed by atoms with Crippen LogP contribution in [0.1, 0.15) is 5.56 Å². The molecule has 0 radical (unpaired) electrons. The standard InChI is InChI=1S/C11H9F3O2/c1-16-10(15)6-7-11(13,14)8-2-4-9(12)5-3-8/h2-7H,1H3/b7-6-. The molecule has 0 aromatic heterocycles. The molecule has 0 N–H and O–H groups in total. The molecule has 0 saturated carbocycles. The van der Waals surface area contributed by atoms with Gasteiger partial charge in [0.2, 0.25) is 0 Å². The second-order valence-electron chi connectivity index (χ2n) is 2.99. The lowest BCUT2D eigenvalue weighted by Crippen LogP contribution is -2.10. The number of hydrogen-bond donors (Lipinski definition) is 0. The second-order valence-corrected chi connectivity index (χ2v) is 2.99. The van der Waals surface area contributed by atoms with Crippen molar-refractivity contribution in [2.45, 2.75) is 5.92 Å². The highest BCUT2D eigenvalue weighted by atomic mass is 19.3. The highest BCUT2D eigenvalue weighted by molar-refractivity contribution is 5.81. The van der Waals surface area contributed by atoms with Gasteiger partial charge in [-0.1, -0.05) is 0 Å². The number of halogens is 3. The average Bonchev–Trinajstić information content (AvgIpc) is 2.26. The van der Waals surface area contributed by atoms with Crippen molar-refractivity contribution in [1.82, 2.24) is 0 Å². The molecule has 0 amide bonds. The normalized spacial score (nSPS) is 11.8. The maximum atomic E-state index is 13.4. The van der Waals surface area contributed by atoms with Crippen molar-refractivity contribution >= 4 is 5.97 Å². The summed E-state index contributed by atoms with van der Waals surface area (Å²) in [5.74, 6) is -4.81. The Morgan fingerprint density at radius 3 is 2.38 bits per heavy atom. The second kappa shape index (κ2) is 4.83. The molecule has 1 rings (SSSR count). The van der Waals surface area contributed by atoms with Crippen LogP contribution in [0.25, 0.3) is 0 Å². The number of esters is 1. The van der Waals surface area contributed by atoms with E-state index in [9.17, 15) is 18.0 Å². The van der Waals surface area contributed by atoms with Crippen LogP contribution in [0.2, 0.25) is 0 Å². The van der Waals surface area contributed by atoms with Crippen LogP contribution in [0, 0.1) is 5.82 Å². The Kier molecular flexibility index (Phi) is 3.71. The van der Waals surface area contributed by atoms with Crippen LogP contribution in [0.4, 0.5) is 13.2 Å². The van der Waals surface area contributed by atoms with Gasteiger partial charge in [-0.3, -0.25) is 0 Å². The lowest BCUT2D eigenvalue weighted by Gasteiger charge is -2.11. The number of hydrogen-bond acceptors (Lipinski definition) is 2. The Hall–Kier alpha value is -1.78. The van der Waals surface area contributed by atoms with Crippen LogP contribution in [0.15, 0.2) is 36.4 Å².